The molecule has 0 radical (unpaired) electrons. The molecule has 1 N–H and O–H groups in total. The van der Waals surface area contributed by atoms with Crippen molar-refractivity contribution in [1.82, 2.24) is 10.2 Å². The van der Waals surface area contributed by atoms with Crippen LogP contribution >= 0.6 is 11.3 Å². The van der Waals surface area contributed by atoms with Gasteiger partial charge in [0.1, 0.15) is 6.61 Å². The van der Waals surface area contributed by atoms with Gasteiger partial charge in [-0.1, -0.05) is 49.7 Å². The molecule has 0 saturated heterocycles. The number of amides is 1. The van der Waals surface area contributed by atoms with Crippen molar-refractivity contribution in [2.24, 2.45) is 5.92 Å². The highest BCUT2D eigenvalue weighted by molar-refractivity contribution is 7.13. The Morgan fingerprint density at radius 2 is 1.89 bits per heavy atom. The second kappa shape index (κ2) is 9.60. The van der Waals surface area contributed by atoms with Crippen LogP contribution in [-0.4, -0.2) is 22.1 Å². The van der Waals surface area contributed by atoms with E-state index in [4.69, 9.17) is 4.74 Å². The number of hydrogen-bond donors (Lipinski definition) is 1. The molecule has 0 bridgehead atoms. The highest BCUT2D eigenvalue weighted by Gasteiger charge is 2.19. The van der Waals surface area contributed by atoms with Crippen molar-refractivity contribution in [2.45, 2.75) is 58.5 Å². The maximum atomic E-state index is 12.3. The molecule has 0 atom stereocenters. The van der Waals surface area contributed by atoms with Crippen LogP contribution in [0.25, 0.3) is 0 Å². The number of aryl methyl sites for hydroxylation is 1. The minimum atomic E-state index is -0.309. The standard InChI is InChI=1S/C20H25N3O3S/c1-2-14-8-10-16(11-9-14)21-19(25)20-23-22-17(27-20)13-26-18(24)12-15-6-4-3-5-7-15/h8-11,15H,2-7,12-13H2,1H3,(H,21,25). The molecule has 1 amide bonds. The van der Waals surface area contributed by atoms with Gasteiger partial charge in [0.15, 0.2) is 5.01 Å². The third kappa shape index (κ3) is 5.85. The summed E-state index contributed by atoms with van der Waals surface area (Å²) in [4.78, 5) is 24.2. The van der Waals surface area contributed by atoms with Crippen LogP contribution in [0, 0.1) is 5.92 Å². The van der Waals surface area contributed by atoms with Crippen molar-refractivity contribution in [3.8, 4) is 0 Å². The number of nitrogens with zero attached hydrogens (tertiary/aromatic N) is 2. The number of nitrogens with one attached hydrogen (secondary N) is 1. The first kappa shape index (κ1) is 19.5. The average molecular weight is 388 g/mol. The Bertz CT molecular complexity index is 767. The summed E-state index contributed by atoms with van der Waals surface area (Å²) in [5.74, 6) is -0.0586. The number of carbonyl (C=O) groups excluding carboxylic acids is 2. The average Bonchev–Trinajstić information content (AvgIpc) is 3.17. The van der Waals surface area contributed by atoms with Crippen LogP contribution in [0.4, 0.5) is 5.69 Å². The molecule has 27 heavy (non-hydrogen) atoms. The number of ether oxygens (including phenoxy) is 1. The molecule has 6 nitrogen and oxygen atoms in total. The zero-order valence-corrected chi connectivity index (χ0v) is 16.4. The van der Waals surface area contributed by atoms with Crippen LogP contribution in [0.5, 0.6) is 0 Å². The van der Waals surface area contributed by atoms with Crippen LogP contribution < -0.4 is 5.32 Å². The van der Waals surface area contributed by atoms with Crippen molar-refractivity contribution >= 4 is 28.9 Å². The van der Waals surface area contributed by atoms with Crippen molar-refractivity contribution in [2.75, 3.05) is 5.32 Å². The normalized spacial score (nSPS) is 14.7. The summed E-state index contributed by atoms with van der Waals surface area (Å²) in [6.07, 6.45) is 7.31. The Balaban J connectivity index is 1.46. The third-order valence-electron chi connectivity index (χ3n) is 4.82. The molecule has 7 heteroatoms. The van der Waals surface area contributed by atoms with Gasteiger partial charge in [-0.05, 0) is 42.9 Å². The Labute approximate surface area is 163 Å². The molecule has 3 rings (SSSR count). The van der Waals surface area contributed by atoms with Crippen LogP contribution in [-0.2, 0) is 22.6 Å². The maximum Gasteiger partial charge on any atom is 0.306 e. The first-order valence-electron chi connectivity index (χ1n) is 9.52. The van der Waals surface area contributed by atoms with Crippen LogP contribution in [0.1, 0.15) is 65.8 Å². The lowest BCUT2D eigenvalue weighted by Crippen LogP contribution is -2.14. The van der Waals surface area contributed by atoms with E-state index in [0.29, 0.717) is 23.0 Å². The number of hydrogen-bond acceptors (Lipinski definition) is 6. The summed E-state index contributed by atoms with van der Waals surface area (Å²) in [5, 5.41) is 11.4. The molecule has 1 aliphatic carbocycles. The molecule has 1 heterocycles. The van der Waals surface area contributed by atoms with Gasteiger partial charge in [0.25, 0.3) is 5.91 Å². The van der Waals surface area contributed by atoms with Gasteiger partial charge in [-0.3, -0.25) is 9.59 Å². The SMILES string of the molecule is CCc1ccc(NC(=O)c2nnc(COC(=O)CC3CCCCC3)s2)cc1. The first-order valence-corrected chi connectivity index (χ1v) is 10.3. The summed E-state index contributed by atoms with van der Waals surface area (Å²) in [5.41, 5.74) is 1.93. The minimum absolute atomic E-state index is 0.0711. The Kier molecular flexibility index (Phi) is 6.92. The Hall–Kier alpha value is -2.28. The third-order valence-corrected chi connectivity index (χ3v) is 5.71. The molecule has 0 aliphatic heterocycles. The number of esters is 1. The predicted molar refractivity (Wildman–Crippen MR) is 105 cm³/mol. The molecule has 1 saturated carbocycles. The van der Waals surface area contributed by atoms with Gasteiger partial charge < -0.3 is 10.1 Å². The molecular weight excluding hydrogens is 362 g/mol. The number of carbonyl (C=O) groups is 2. The molecule has 2 aromatic rings. The van der Waals surface area contributed by atoms with Gasteiger partial charge in [0.05, 0.1) is 0 Å². The smallest absolute Gasteiger partial charge is 0.306 e. The molecular formula is C20H25N3O3S. The predicted octanol–water partition coefficient (Wildman–Crippen LogP) is 4.37. The fourth-order valence-electron chi connectivity index (χ4n) is 3.24. The number of aromatic nitrogens is 2. The highest BCUT2D eigenvalue weighted by atomic mass is 32.1. The summed E-state index contributed by atoms with van der Waals surface area (Å²) in [7, 11) is 0. The van der Waals surface area contributed by atoms with E-state index in [1.165, 1.54) is 24.8 Å². The van der Waals surface area contributed by atoms with Crippen LogP contribution in [0.15, 0.2) is 24.3 Å². The lowest BCUT2D eigenvalue weighted by Gasteiger charge is -2.20. The summed E-state index contributed by atoms with van der Waals surface area (Å²) in [6, 6.07) is 7.69. The van der Waals surface area contributed by atoms with Crippen molar-refractivity contribution in [3.05, 3.63) is 39.8 Å². The minimum Gasteiger partial charge on any atom is -0.458 e. The van der Waals surface area contributed by atoms with E-state index in [0.717, 1.165) is 30.6 Å². The molecule has 1 aliphatic rings. The van der Waals surface area contributed by atoms with Crippen molar-refractivity contribution in [3.63, 3.8) is 0 Å². The summed E-state index contributed by atoms with van der Waals surface area (Å²) >= 11 is 1.14. The number of rotatable bonds is 7. The van der Waals surface area contributed by atoms with Crippen molar-refractivity contribution < 1.29 is 14.3 Å². The fraction of sp³-hybridized carbons (Fsp3) is 0.500. The fourth-order valence-corrected chi connectivity index (χ4v) is 3.89. The zero-order chi connectivity index (χ0) is 19.1. The van der Waals surface area contributed by atoms with E-state index >= 15 is 0 Å². The monoisotopic (exact) mass is 387 g/mol. The molecule has 0 spiro atoms. The zero-order valence-electron chi connectivity index (χ0n) is 15.6. The van der Waals surface area contributed by atoms with Gasteiger partial charge in [-0.15, -0.1) is 10.2 Å². The largest absolute Gasteiger partial charge is 0.458 e. The van der Waals surface area contributed by atoms with E-state index in [-0.39, 0.29) is 23.5 Å². The Morgan fingerprint density at radius 3 is 2.59 bits per heavy atom. The lowest BCUT2D eigenvalue weighted by molar-refractivity contribution is -0.146. The van der Waals surface area contributed by atoms with E-state index in [2.05, 4.69) is 22.4 Å². The molecule has 0 unspecified atom stereocenters. The summed E-state index contributed by atoms with van der Waals surface area (Å²) < 4.78 is 5.30. The van der Waals surface area contributed by atoms with E-state index < -0.39 is 0 Å². The van der Waals surface area contributed by atoms with Gasteiger partial charge in [0.2, 0.25) is 5.01 Å². The molecule has 1 aromatic carbocycles. The molecule has 144 valence electrons. The van der Waals surface area contributed by atoms with Crippen molar-refractivity contribution in [1.29, 1.82) is 0 Å². The molecule has 1 fully saturated rings. The van der Waals surface area contributed by atoms with Gasteiger partial charge in [0, 0.05) is 12.1 Å². The van der Waals surface area contributed by atoms with Crippen LogP contribution in [0.2, 0.25) is 0 Å². The maximum absolute atomic E-state index is 12.3. The van der Waals surface area contributed by atoms with Crippen LogP contribution in [0.3, 0.4) is 0 Å². The topological polar surface area (TPSA) is 81.2 Å². The number of benzene rings is 1. The van der Waals surface area contributed by atoms with Gasteiger partial charge in [-0.2, -0.15) is 0 Å². The highest BCUT2D eigenvalue weighted by Crippen LogP contribution is 2.26. The van der Waals surface area contributed by atoms with E-state index in [9.17, 15) is 9.59 Å². The number of anilines is 1. The van der Waals surface area contributed by atoms with E-state index in [1.54, 1.807) is 0 Å². The quantitative estimate of drug-likeness (QED) is 0.714. The van der Waals surface area contributed by atoms with Gasteiger partial charge in [-0.25, -0.2) is 0 Å². The second-order valence-electron chi connectivity index (χ2n) is 6.87. The summed E-state index contributed by atoms with van der Waals surface area (Å²) in [6.45, 7) is 2.15. The first-order chi connectivity index (χ1) is 13.1. The Morgan fingerprint density at radius 1 is 1.15 bits per heavy atom. The van der Waals surface area contributed by atoms with Gasteiger partial charge >= 0.3 is 5.97 Å². The lowest BCUT2D eigenvalue weighted by atomic mass is 9.87. The van der Waals surface area contributed by atoms with E-state index in [1.807, 2.05) is 24.3 Å². The second-order valence-corrected chi connectivity index (χ2v) is 7.94. The molecule has 1 aromatic heterocycles.